The van der Waals surface area contributed by atoms with Gasteiger partial charge < -0.3 is 9.40 Å². The zero-order chi connectivity index (χ0) is 15.4. The third kappa shape index (κ3) is 2.85. The van der Waals surface area contributed by atoms with Gasteiger partial charge in [-0.3, -0.25) is 20.4 Å². The lowest BCUT2D eigenvalue weighted by Gasteiger charge is -2.06. The summed E-state index contributed by atoms with van der Waals surface area (Å²) in [5.74, 6) is -0.496. The number of rotatable bonds is 3. The summed E-state index contributed by atoms with van der Waals surface area (Å²) in [6.07, 6.45) is 2.85. The van der Waals surface area contributed by atoms with Crippen LogP contribution in [0.2, 0.25) is 0 Å². The molecule has 0 fully saturated rings. The van der Waals surface area contributed by atoms with Crippen molar-refractivity contribution in [2.45, 2.75) is 0 Å². The van der Waals surface area contributed by atoms with Gasteiger partial charge in [0.25, 0.3) is 11.8 Å². The number of aromatic nitrogens is 3. The Hall–Kier alpha value is -3.42. The van der Waals surface area contributed by atoms with Crippen molar-refractivity contribution in [3.8, 4) is 11.5 Å². The Bertz CT molecular complexity index is 763. The van der Waals surface area contributed by atoms with Crippen LogP contribution in [-0.4, -0.2) is 27.0 Å². The predicted octanol–water partition coefficient (Wildman–Crippen LogP) is 1.14. The third-order valence-corrected chi connectivity index (χ3v) is 2.89. The van der Waals surface area contributed by atoms with Crippen LogP contribution in [0.25, 0.3) is 11.5 Å². The molecule has 8 nitrogen and oxygen atoms in total. The predicted molar refractivity (Wildman–Crippen MR) is 75.5 cm³/mol. The zero-order valence-corrected chi connectivity index (χ0v) is 11.2. The molecule has 110 valence electrons. The van der Waals surface area contributed by atoms with Gasteiger partial charge in [0.2, 0.25) is 12.3 Å². The topological polar surface area (TPSA) is 113 Å². The summed E-state index contributed by atoms with van der Waals surface area (Å²) in [5.41, 5.74) is 6.08. The van der Waals surface area contributed by atoms with E-state index in [1.54, 1.807) is 42.6 Å². The first-order valence-corrected chi connectivity index (χ1v) is 6.35. The van der Waals surface area contributed by atoms with Gasteiger partial charge in [0.1, 0.15) is 5.69 Å². The minimum atomic E-state index is -0.433. The summed E-state index contributed by atoms with van der Waals surface area (Å²) in [4.78, 5) is 26.3. The molecule has 0 bridgehead atoms. The van der Waals surface area contributed by atoms with Crippen LogP contribution in [0.3, 0.4) is 0 Å². The molecule has 2 aromatic heterocycles. The van der Waals surface area contributed by atoms with E-state index in [-0.39, 0.29) is 0 Å². The van der Waals surface area contributed by atoms with Crippen molar-refractivity contribution in [1.82, 2.24) is 26.0 Å². The number of carbonyl (C=O) groups excluding carboxylic acids is 2. The van der Waals surface area contributed by atoms with Crippen LogP contribution < -0.4 is 10.9 Å². The number of amides is 2. The van der Waals surface area contributed by atoms with Gasteiger partial charge in [-0.1, -0.05) is 0 Å². The van der Waals surface area contributed by atoms with E-state index in [0.717, 1.165) is 0 Å². The van der Waals surface area contributed by atoms with Crippen molar-refractivity contribution >= 4 is 11.8 Å². The summed E-state index contributed by atoms with van der Waals surface area (Å²) in [5, 5.41) is 7.35. The van der Waals surface area contributed by atoms with Gasteiger partial charge in [0.05, 0.1) is 0 Å². The molecule has 0 aliphatic rings. The zero-order valence-electron chi connectivity index (χ0n) is 11.2. The van der Waals surface area contributed by atoms with Gasteiger partial charge in [-0.15, -0.1) is 10.2 Å². The van der Waals surface area contributed by atoms with Gasteiger partial charge in [0, 0.05) is 17.3 Å². The fraction of sp³-hybridized carbons (Fsp3) is 0. The number of carbonyl (C=O) groups is 2. The molecule has 2 heterocycles. The first-order chi connectivity index (χ1) is 10.7. The summed E-state index contributed by atoms with van der Waals surface area (Å²) in [7, 11) is 0. The van der Waals surface area contributed by atoms with E-state index in [0.29, 0.717) is 22.7 Å². The highest BCUT2D eigenvalue weighted by Crippen LogP contribution is 2.16. The molecule has 3 rings (SSSR count). The monoisotopic (exact) mass is 297 g/mol. The van der Waals surface area contributed by atoms with E-state index in [2.05, 4.69) is 26.0 Å². The average Bonchev–Trinajstić information content (AvgIpc) is 3.25. The number of hydrogen-bond acceptors (Lipinski definition) is 5. The Morgan fingerprint density at radius 2 is 1.82 bits per heavy atom. The van der Waals surface area contributed by atoms with Crippen molar-refractivity contribution < 1.29 is 14.0 Å². The Kier molecular flexibility index (Phi) is 3.65. The van der Waals surface area contributed by atoms with Crippen LogP contribution in [0.5, 0.6) is 0 Å². The summed E-state index contributed by atoms with van der Waals surface area (Å²) in [6, 6.07) is 9.82. The smallest absolute Gasteiger partial charge is 0.286 e. The Morgan fingerprint density at radius 1 is 1.05 bits per heavy atom. The summed E-state index contributed by atoms with van der Waals surface area (Å²) < 4.78 is 5.06. The van der Waals surface area contributed by atoms with Crippen LogP contribution in [0.1, 0.15) is 20.8 Å². The van der Waals surface area contributed by atoms with Crippen molar-refractivity contribution in [3.63, 3.8) is 0 Å². The number of hydrogen-bond donors (Lipinski definition) is 3. The molecule has 0 unspecified atom stereocenters. The van der Waals surface area contributed by atoms with Crippen molar-refractivity contribution in [2.24, 2.45) is 0 Å². The molecular weight excluding hydrogens is 286 g/mol. The molecular formula is C14H11N5O3. The van der Waals surface area contributed by atoms with Crippen molar-refractivity contribution in [3.05, 3.63) is 60.2 Å². The number of H-pyrrole nitrogens is 1. The maximum Gasteiger partial charge on any atom is 0.286 e. The lowest BCUT2D eigenvalue weighted by atomic mass is 10.1. The largest absolute Gasteiger partial charge is 0.423 e. The maximum absolute atomic E-state index is 11.9. The fourth-order valence-electron chi connectivity index (χ4n) is 1.79. The molecule has 0 spiro atoms. The molecule has 0 aliphatic heterocycles. The lowest BCUT2D eigenvalue weighted by Crippen LogP contribution is -2.41. The van der Waals surface area contributed by atoms with E-state index in [4.69, 9.17) is 4.42 Å². The van der Waals surface area contributed by atoms with Crippen LogP contribution in [0, 0.1) is 0 Å². The molecule has 3 N–H and O–H groups in total. The Labute approximate surface area is 124 Å². The number of benzene rings is 1. The maximum atomic E-state index is 11.9. The number of hydrazine groups is 1. The first-order valence-electron chi connectivity index (χ1n) is 6.35. The summed E-state index contributed by atoms with van der Waals surface area (Å²) >= 11 is 0. The van der Waals surface area contributed by atoms with Gasteiger partial charge in [-0.05, 0) is 36.4 Å². The van der Waals surface area contributed by atoms with E-state index >= 15 is 0 Å². The molecule has 1 aromatic carbocycles. The molecule has 3 aromatic rings. The quantitative estimate of drug-likeness (QED) is 0.627. The van der Waals surface area contributed by atoms with Crippen molar-refractivity contribution in [1.29, 1.82) is 0 Å². The minimum Gasteiger partial charge on any atom is -0.423 e. The standard InChI is InChI=1S/C14H11N5O3/c20-12(17-18-13(21)11-2-1-7-15-11)9-3-5-10(6-4-9)14-19-16-8-22-14/h1-8,15H,(H,17,20)(H,18,21). The lowest BCUT2D eigenvalue weighted by molar-refractivity contribution is 0.0844. The van der Waals surface area contributed by atoms with E-state index < -0.39 is 11.8 Å². The van der Waals surface area contributed by atoms with Crippen LogP contribution in [0.15, 0.2) is 53.4 Å². The highest BCUT2D eigenvalue weighted by molar-refractivity contribution is 5.98. The molecule has 8 heteroatoms. The molecule has 0 radical (unpaired) electrons. The molecule has 0 atom stereocenters. The number of aromatic amines is 1. The Balaban J connectivity index is 1.62. The molecule has 0 saturated heterocycles. The first kappa shape index (κ1) is 13.6. The molecule has 22 heavy (non-hydrogen) atoms. The number of nitrogens with one attached hydrogen (secondary N) is 3. The second-order valence-corrected chi connectivity index (χ2v) is 4.31. The second kappa shape index (κ2) is 5.92. The van der Waals surface area contributed by atoms with E-state index in [1.807, 2.05) is 0 Å². The molecule has 2 amide bonds. The van der Waals surface area contributed by atoms with E-state index in [9.17, 15) is 9.59 Å². The third-order valence-electron chi connectivity index (χ3n) is 2.89. The normalized spacial score (nSPS) is 10.2. The van der Waals surface area contributed by atoms with Gasteiger partial charge in [-0.25, -0.2) is 0 Å². The minimum absolute atomic E-state index is 0.354. The highest BCUT2D eigenvalue weighted by atomic mass is 16.4. The molecule has 0 saturated carbocycles. The Morgan fingerprint density at radius 3 is 2.45 bits per heavy atom. The second-order valence-electron chi connectivity index (χ2n) is 4.31. The highest BCUT2D eigenvalue weighted by Gasteiger charge is 2.10. The SMILES string of the molecule is O=C(NNC(=O)c1ccc[nH]1)c1ccc(-c2nnco2)cc1. The summed E-state index contributed by atoms with van der Waals surface area (Å²) in [6.45, 7) is 0. The van der Waals surface area contributed by atoms with Gasteiger partial charge in [-0.2, -0.15) is 0 Å². The van der Waals surface area contributed by atoms with Crippen LogP contribution in [0.4, 0.5) is 0 Å². The number of nitrogens with zero attached hydrogens (tertiary/aromatic N) is 2. The van der Waals surface area contributed by atoms with E-state index in [1.165, 1.54) is 6.39 Å². The van der Waals surface area contributed by atoms with Gasteiger partial charge >= 0.3 is 0 Å². The van der Waals surface area contributed by atoms with Crippen LogP contribution >= 0.6 is 0 Å². The fourth-order valence-corrected chi connectivity index (χ4v) is 1.79. The van der Waals surface area contributed by atoms with Crippen LogP contribution in [-0.2, 0) is 0 Å². The van der Waals surface area contributed by atoms with Gasteiger partial charge in [0.15, 0.2) is 0 Å². The van der Waals surface area contributed by atoms with Crippen molar-refractivity contribution in [2.75, 3.05) is 0 Å². The molecule has 0 aliphatic carbocycles. The average molecular weight is 297 g/mol.